The molecule has 0 radical (unpaired) electrons. The molecule has 1 aromatic rings. The number of hydrogen-bond donors (Lipinski definition) is 1. The zero-order valence-electron chi connectivity index (χ0n) is 10.0. The van der Waals surface area contributed by atoms with Crippen LogP contribution in [0.25, 0.3) is 0 Å². The lowest BCUT2D eigenvalue weighted by Crippen LogP contribution is -2.29. The number of rotatable bonds is 4. The summed E-state index contributed by atoms with van der Waals surface area (Å²) >= 11 is 7.63. The van der Waals surface area contributed by atoms with Crippen molar-refractivity contribution in [2.24, 2.45) is 0 Å². The van der Waals surface area contributed by atoms with Gasteiger partial charge in [0, 0.05) is 30.2 Å². The largest absolute Gasteiger partial charge is 0.391 e. The van der Waals surface area contributed by atoms with E-state index >= 15 is 0 Å². The van der Waals surface area contributed by atoms with E-state index < -0.39 is 0 Å². The maximum atomic E-state index is 11.8. The first kappa shape index (κ1) is 13.7. The molecular formula is C13H16ClNO2S. The number of carbonyl (C=O) groups is 1. The van der Waals surface area contributed by atoms with Gasteiger partial charge in [-0.25, -0.2) is 0 Å². The number of β-amino-alcohol motifs (C(OH)–C–C–N with tert-alkyl or cyclic N) is 1. The van der Waals surface area contributed by atoms with E-state index in [0.29, 0.717) is 25.9 Å². The van der Waals surface area contributed by atoms with Crippen molar-refractivity contribution in [3.63, 3.8) is 0 Å². The van der Waals surface area contributed by atoms with Gasteiger partial charge in [-0.15, -0.1) is 11.8 Å². The topological polar surface area (TPSA) is 40.5 Å². The second kappa shape index (κ2) is 6.45. The number of likely N-dealkylation sites (tertiary alicyclic amines) is 1. The number of hydrogen-bond acceptors (Lipinski definition) is 3. The van der Waals surface area contributed by atoms with E-state index in [9.17, 15) is 9.90 Å². The first-order valence-corrected chi connectivity index (χ1v) is 7.36. The van der Waals surface area contributed by atoms with Crippen LogP contribution in [0.1, 0.15) is 12.8 Å². The Kier molecular flexibility index (Phi) is 4.92. The number of halogens is 1. The summed E-state index contributed by atoms with van der Waals surface area (Å²) in [6.45, 7) is 1.16. The summed E-state index contributed by atoms with van der Waals surface area (Å²) in [4.78, 5) is 14.6. The van der Waals surface area contributed by atoms with Crippen LogP contribution in [0.15, 0.2) is 29.2 Å². The lowest BCUT2D eigenvalue weighted by Gasteiger charge is -2.15. The number of aliphatic hydroxyl groups excluding tert-OH is 1. The van der Waals surface area contributed by atoms with Crippen molar-refractivity contribution in [3.8, 4) is 0 Å². The highest BCUT2D eigenvalue weighted by Crippen LogP contribution is 2.27. The molecule has 3 nitrogen and oxygen atoms in total. The molecule has 1 aromatic carbocycles. The molecule has 1 amide bonds. The molecular weight excluding hydrogens is 270 g/mol. The molecule has 0 saturated carbocycles. The van der Waals surface area contributed by atoms with Crippen molar-refractivity contribution in [1.82, 2.24) is 4.90 Å². The van der Waals surface area contributed by atoms with Crippen LogP contribution in [0.3, 0.4) is 0 Å². The predicted molar refractivity (Wildman–Crippen MR) is 74.0 cm³/mol. The molecule has 0 unspecified atom stereocenters. The van der Waals surface area contributed by atoms with Gasteiger partial charge >= 0.3 is 0 Å². The van der Waals surface area contributed by atoms with Gasteiger partial charge < -0.3 is 10.0 Å². The fourth-order valence-electron chi connectivity index (χ4n) is 1.94. The number of benzene rings is 1. The SMILES string of the molecule is O=C(CCSc1ccccc1Cl)N1CC[C@@H](O)C1. The average molecular weight is 286 g/mol. The molecule has 1 aliphatic rings. The van der Waals surface area contributed by atoms with Gasteiger partial charge in [-0.1, -0.05) is 23.7 Å². The van der Waals surface area contributed by atoms with E-state index in [1.165, 1.54) is 0 Å². The fraction of sp³-hybridized carbons (Fsp3) is 0.462. The summed E-state index contributed by atoms with van der Waals surface area (Å²) in [6, 6.07) is 7.63. The predicted octanol–water partition coefficient (Wildman–Crippen LogP) is 2.42. The Morgan fingerprint density at radius 1 is 1.50 bits per heavy atom. The number of nitrogens with zero attached hydrogens (tertiary/aromatic N) is 1. The maximum absolute atomic E-state index is 11.8. The molecule has 18 heavy (non-hydrogen) atoms. The molecule has 2 rings (SSSR count). The summed E-state index contributed by atoms with van der Waals surface area (Å²) < 4.78 is 0. The quantitative estimate of drug-likeness (QED) is 0.864. The molecule has 1 N–H and O–H groups in total. The minimum absolute atomic E-state index is 0.117. The normalized spacial score (nSPS) is 19.2. The van der Waals surface area contributed by atoms with E-state index in [2.05, 4.69) is 0 Å². The molecule has 98 valence electrons. The second-order valence-electron chi connectivity index (χ2n) is 4.31. The monoisotopic (exact) mass is 285 g/mol. The zero-order valence-corrected chi connectivity index (χ0v) is 11.6. The van der Waals surface area contributed by atoms with Gasteiger partial charge in [0.1, 0.15) is 0 Å². The van der Waals surface area contributed by atoms with E-state index in [4.69, 9.17) is 11.6 Å². The Labute approximate surface area is 116 Å². The molecule has 1 atom stereocenters. The molecule has 1 aliphatic heterocycles. The standard InChI is InChI=1S/C13H16ClNO2S/c14-11-3-1-2-4-12(11)18-8-6-13(17)15-7-5-10(16)9-15/h1-4,10,16H,5-9H2/t10-/m1/s1. The molecule has 1 fully saturated rings. The Morgan fingerprint density at radius 2 is 2.28 bits per heavy atom. The van der Waals surface area contributed by atoms with Crippen LogP contribution in [0, 0.1) is 0 Å². The molecule has 5 heteroatoms. The van der Waals surface area contributed by atoms with E-state index in [-0.39, 0.29) is 12.0 Å². The summed E-state index contributed by atoms with van der Waals surface area (Å²) in [5, 5.41) is 10.1. The summed E-state index contributed by atoms with van der Waals surface area (Å²) in [7, 11) is 0. The van der Waals surface area contributed by atoms with Gasteiger partial charge in [-0.2, -0.15) is 0 Å². The third-order valence-corrected chi connectivity index (χ3v) is 4.44. The Bertz CT molecular complexity index is 427. The van der Waals surface area contributed by atoms with Crippen molar-refractivity contribution >= 4 is 29.3 Å². The van der Waals surface area contributed by atoms with Crippen molar-refractivity contribution in [2.45, 2.75) is 23.8 Å². The zero-order chi connectivity index (χ0) is 13.0. The summed E-state index contributed by atoms with van der Waals surface area (Å²) in [5.74, 6) is 0.834. The van der Waals surface area contributed by atoms with Gasteiger partial charge in [0.05, 0.1) is 11.1 Å². The molecule has 0 bridgehead atoms. The van der Waals surface area contributed by atoms with Crippen LogP contribution < -0.4 is 0 Å². The fourth-order valence-corrected chi connectivity index (χ4v) is 3.11. The first-order chi connectivity index (χ1) is 8.66. The summed E-state index contributed by atoms with van der Waals surface area (Å²) in [5.41, 5.74) is 0. The van der Waals surface area contributed by atoms with Crippen LogP contribution in [0.5, 0.6) is 0 Å². The Balaban J connectivity index is 1.75. The van der Waals surface area contributed by atoms with Crippen LogP contribution in [-0.2, 0) is 4.79 Å². The van der Waals surface area contributed by atoms with Crippen LogP contribution in [0.2, 0.25) is 5.02 Å². The average Bonchev–Trinajstić information content (AvgIpc) is 2.78. The van der Waals surface area contributed by atoms with Gasteiger partial charge in [0.2, 0.25) is 5.91 Å². The Morgan fingerprint density at radius 3 is 2.94 bits per heavy atom. The minimum Gasteiger partial charge on any atom is -0.391 e. The van der Waals surface area contributed by atoms with E-state index in [0.717, 1.165) is 15.7 Å². The number of amides is 1. The van der Waals surface area contributed by atoms with Gasteiger partial charge in [0.25, 0.3) is 0 Å². The lowest BCUT2D eigenvalue weighted by molar-refractivity contribution is -0.130. The van der Waals surface area contributed by atoms with Crippen molar-refractivity contribution in [3.05, 3.63) is 29.3 Å². The molecule has 0 spiro atoms. The second-order valence-corrected chi connectivity index (χ2v) is 5.86. The van der Waals surface area contributed by atoms with Gasteiger partial charge in [-0.3, -0.25) is 4.79 Å². The molecule has 0 aliphatic carbocycles. The lowest BCUT2D eigenvalue weighted by atomic mass is 10.3. The molecule has 1 saturated heterocycles. The molecule has 0 aromatic heterocycles. The highest BCUT2D eigenvalue weighted by molar-refractivity contribution is 7.99. The van der Waals surface area contributed by atoms with Crippen LogP contribution in [0.4, 0.5) is 0 Å². The van der Waals surface area contributed by atoms with Crippen LogP contribution >= 0.6 is 23.4 Å². The van der Waals surface area contributed by atoms with E-state index in [1.807, 2.05) is 24.3 Å². The first-order valence-electron chi connectivity index (χ1n) is 6.00. The van der Waals surface area contributed by atoms with Crippen LogP contribution in [-0.4, -0.2) is 40.9 Å². The molecule has 1 heterocycles. The number of thioether (sulfide) groups is 1. The number of carbonyl (C=O) groups excluding carboxylic acids is 1. The van der Waals surface area contributed by atoms with Crippen molar-refractivity contribution < 1.29 is 9.90 Å². The van der Waals surface area contributed by atoms with E-state index in [1.54, 1.807) is 16.7 Å². The van der Waals surface area contributed by atoms with Crippen molar-refractivity contribution in [1.29, 1.82) is 0 Å². The smallest absolute Gasteiger partial charge is 0.223 e. The highest BCUT2D eigenvalue weighted by atomic mass is 35.5. The third-order valence-electron chi connectivity index (χ3n) is 2.93. The summed E-state index contributed by atoms with van der Waals surface area (Å²) in [6.07, 6.45) is 0.844. The van der Waals surface area contributed by atoms with Gasteiger partial charge in [0.15, 0.2) is 0 Å². The maximum Gasteiger partial charge on any atom is 0.223 e. The van der Waals surface area contributed by atoms with Crippen molar-refractivity contribution in [2.75, 3.05) is 18.8 Å². The van der Waals surface area contributed by atoms with Gasteiger partial charge in [-0.05, 0) is 18.6 Å². The third kappa shape index (κ3) is 3.64. The number of aliphatic hydroxyl groups is 1. The highest BCUT2D eigenvalue weighted by Gasteiger charge is 2.23. The Hall–Kier alpha value is -0.710. The minimum atomic E-state index is -0.342.